The Morgan fingerprint density at radius 1 is 0.925 bits per heavy atom. The van der Waals surface area contributed by atoms with E-state index in [-0.39, 0.29) is 11.7 Å². The Kier molecular flexibility index (Phi) is 6.74. The molecule has 3 N–H and O–H groups in total. The molecule has 0 aliphatic heterocycles. The summed E-state index contributed by atoms with van der Waals surface area (Å²) in [5.41, 5.74) is 8.87. The van der Waals surface area contributed by atoms with Crippen molar-refractivity contribution >= 4 is 22.8 Å². The molecule has 3 heterocycles. The highest BCUT2D eigenvalue weighted by Gasteiger charge is 2.21. The first-order valence-corrected chi connectivity index (χ1v) is 12.4. The van der Waals surface area contributed by atoms with E-state index in [2.05, 4.69) is 25.6 Å². The van der Waals surface area contributed by atoms with E-state index in [0.29, 0.717) is 52.9 Å². The predicted molar refractivity (Wildman–Crippen MR) is 147 cm³/mol. The Bertz CT molecular complexity index is 1770. The van der Waals surface area contributed by atoms with E-state index in [9.17, 15) is 4.79 Å². The van der Waals surface area contributed by atoms with Crippen LogP contribution in [0.1, 0.15) is 10.4 Å². The number of benzene rings is 3. The van der Waals surface area contributed by atoms with E-state index in [1.54, 1.807) is 36.5 Å². The van der Waals surface area contributed by atoms with Gasteiger partial charge in [0.05, 0.1) is 18.3 Å². The SMILES string of the molecule is Nc1nonc1-c1nc2cnc(Oc3cccc(C(=O)NCCOc4ccccc4)c3)cc2n1-c1ccccc1. The maximum Gasteiger partial charge on any atom is 0.251 e. The third kappa shape index (κ3) is 5.16. The largest absolute Gasteiger partial charge is 0.492 e. The minimum absolute atomic E-state index is 0.124. The standard InChI is InChI=1S/C29H23N7O4/c30-27-26(34-40-35-27)28-33-23-18-32-25(17-24(23)36(28)20-9-3-1-4-10-20)39-22-13-7-8-19(16-22)29(37)31-14-15-38-21-11-5-2-6-12-21/h1-13,16-18H,14-15H2,(H2,30,35)(H,31,37). The molecule has 0 aliphatic carbocycles. The number of imidazole rings is 1. The zero-order valence-corrected chi connectivity index (χ0v) is 21.1. The van der Waals surface area contributed by atoms with Crippen molar-refractivity contribution in [1.82, 2.24) is 30.2 Å². The van der Waals surface area contributed by atoms with Gasteiger partial charge in [-0.15, -0.1) is 0 Å². The minimum atomic E-state index is -0.240. The van der Waals surface area contributed by atoms with E-state index in [1.165, 1.54) is 0 Å². The van der Waals surface area contributed by atoms with Crippen molar-refractivity contribution < 1.29 is 18.9 Å². The highest BCUT2D eigenvalue weighted by molar-refractivity contribution is 5.94. The first kappa shape index (κ1) is 24.6. The quantitative estimate of drug-likeness (QED) is 0.254. The number of nitrogens with two attached hydrogens (primary N) is 1. The molecular formula is C29H23N7O4. The fraction of sp³-hybridized carbons (Fsp3) is 0.0690. The van der Waals surface area contributed by atoms with Gasteiger partial charge in [-0.25, -0.2) is 14.6 Å². The minimum Gasteiger partial charge on any atom is -0.492 e. The number of amides is 1. The zero-order chi connectivity index (χ0) is 27.3. The van der Waals surface area contributed by atoms with E-state index in [4.69, 9.17) is 19.8 Å². The molecule has 3 aromatic heterocycles. The van der Waals surface area contributed by atoms with Crippen LogP contribution in [0.2, 0.25) is 0 Å². The molecule has 198 valence electrons. The van der Waals surface area contributed by atoms with Gasteiger partial charge in [-0.05, 0) is 52.8 Å². The summed E-state index contributed by atoms with van der Waals surface area (Å²) in [5, 5.41) is 10.5. The summed E-state index contributed by atoms with van der Waals surface area (Å²) in [7, 11) is 0. The summed E-state index contributed by atoms with van der Waals surface area (Å²) in [6, 6.07) is 27.7. The second kappa shape index (κ2) is 11.0. The monoisotopic (exact) mass is 533 g/mol. The van der Waals surface area contributed by atoms with Crippen molar-refractivity contribution in [3.63, 3.8) is 0 Å². The number of anilines is 1. The summed E-state index contributed by atoms with van der Waals surface area (Å²) in [6.07, 6.45) is 1.60. The number of fused-ring (bicyclic) bond motifs is 1. The molecule has 6 aromatic rings. The fourth-order valence-corrected chi connectivity index (χ4v) is 4.14. The number of para-hydroxylation sites is 2. The van der Waals surface area contributed by atoms with Gasteiger partial charge >= 0.3 is 0 Å². The molecule has 40 heavy (non-hydrogen) atoms. The molecule has 0 radical (unpaired) electrons. The summed E-state index contributed by atoms with van der Waals surface area (Å²) in [4.78, 5) is 21.8. The topological polar surface area (TPSA) is 143 Å². The number of carbonyl (C=O) groups is 1. The molecule has 11 heteroatoms. The second-order valence-electron chi connectivity index (χ2n) is 8.66. The number of nitrogens with zero attached hydrogens (tertiary/aromatic N) is 5. The van der Waals surface area contributed by atoms with Crippen molar-refractivity contribution in [2.75, 3.05) is 18.9 Å². The van der Waals surface area contributed by atoms with Crippen LogP contribution in [-0.2, 0) is 0 Å². The van der Waals surface area contributed by atoms with Crippen LogP contribution < -0.4 is 20.5 Å². The van der Waals surface area contributed by atoms with Gasteiger partial charge in [-0.1, -0.05) is 42.5 Å². The number of hydrogen-bond donors (Lipinski definition) is 2. The van der Waals surface area contributed by atoms with Crippen molar-refractivity contribution in [3.05, 3.63) is 103 Å². The average Bonchev–Trinajstić information content (AvgIpc) is 3.59. The molecule has 3 aromatic carbocycles. The Balaban J connectivity index is 1.22. The Morgan fingerprint density at radius 2 is 1.70 bits per heavy atom. The van der Waals surface area contributed by atoms with Gasteiger partial charge in [-0.2, -0.15) is 0 Å². The molecule has 6 rings (SSSR count). The van der Waals surface area contributed by atoms with Crippen LogP contribution in [-0.4, -0.2) is 43.9 Å². The number of aromatic nitrogens is 5. The third-order valence-electron chi connectivity index (χ3n) is 5.97. The molecule has 0 atom stereocenters. The van der Waals surface area contributed by atoms with E-state index in [0.717, 1.165) is 11.4 Å². The van der Waals surface area contributed by atoms with Crippen LogP contribution >= 0.6 is 0 Å². The normalized spacial score (nSPS) is 10.9. The number of nitrogens with one attached hydrogen (secondary N) is 1. The van der Waals surface area contributed by atoms with E-state index >= 15 is 0 Å². The molecule has 0 aliphatic rings. The summed E-state index contributed by atoms with van der Waals surface area (Å²) < 4.78 is 18.4. The van der Waals surface area contributed by atoms with Gasteiger partial charge < -0.3 is 20.5 Å². The van der Waals surface area contributed by atoms with Crippen molar-refractivity contribution in [2.24, 2.45) is 0 Å². The lowest BCUT2D eigenvalue weighted by Gasteiger charge is -2.10. The number of ether oxygens (including phenoxy) is 2. The molecule has 1 amide bonds. The first-order valence-electron chi connectivity index (χ1n) is 12.4. The van der Waals surface area contributed by atoms with Crippen LogP contribution in [0.4, 0.5) is 5.82 Å². The zero-order valence-electron chi connectivity index (χ0n) is 21.1. The Labute approximate surface area is 228 Å². The second-order valence-corrected chi connectivity index (χ2v) is 8.66. The van der Waals surface area contributed by atoms with Crippen molar-refractivity contribution in [3.8, 4) is 34.6 Å². The molecule has 0 saturated heterocycles. The smallest absolute Gasteiger partial charge is 0.251 e. The highest BCUT2D eigenvalue weighted by atomic mass is 16.6. The lowest BCUT2D eigenvalue weighted by atomic mass is 10.2. The molecule has 0 saturated carbocycles. The maximum absolute atomic E-state index is 12.7. The first-order chi connectivity index (χ1) is 19.7. The number of nitrogen functional groups attached to an aromatic ring is 1. The number of pyridine rings is 1. The maximum atomic E-state index is 12.7. The summed E-state index contributed by atoms with van der Waals surface area (Å²) in [5.74, 6) is 1.86. The highest BCUT2D eigenvalue weighted by Crippen LogP contribution is 2.32. The molecule has 0 bridgehead atoms. The summed E-state index contributed by atoms with van der Waals surface area (Å²) >= 11 is 0. The lowest BCUT2D eigenvalue weighted by Crippen LogP contribution is -2.28. The average molecular weight is 534 g/mol. The Morgan fingerprint density at radius 3 is 2.48 bits per heavy atom. The van der Waals surface area contributed by atoms with Crippen LogP contribution in [0.5, 0.6) is 17.4 Å². The molecule has 0 unspecified atom stereocenters. The number of rotatable bonds is 9. The summed E-state index contributed by atoms with van der Waals surface area (Å²) in [6.45, 7) is 0.706. The Hall–Kier alpha value is -5.71. The van der Waals surface area contributed by atoms with Crippen molar-refractivity contribution in [2.45, 2.75) is 0 Å². The van der Waals surface area contributed by atoms with E-state index in [1.807, 2.05) is 65.2 Å². The third-order valence-corrected chi connectivity index (χ3v) is 5.97. The van der Waals surface area contributed by atoms with Crippen molar-refractivity contribution in [1.29, 1.82) is 0 Å². The lowest BCUT2D eigenvalue weighted by molar-refractivity contribution is 0.0946. The van der Waals surface area contributed by atoms with Gasteiger partial charge in [0.2, 0.25) is 5.88 Å². The number of hydrogen-bond acceptors (Lipinski definition) is 9. The van der Waals surface area contributed by atoms with Crippen LogP contribution in [0, 0.1) is 0 Å². The van der Waals surface area contributed by atoms with Gasteiger partial charge in [-0.3, -0.25) is 9.36 Å². The molecular weight excluding hydrogens is 510 g/mol. The van der Waals surface area contributed by atoms with Gasteiger partial charge in [0.1, 0.15) is 23.6 Å². The predicted octanol–water partition coefficient (Wildman–Crippen LogP) is 4.65. The molecule has 0 fully saturated rings. The van der Waals surface area contributed by atoms with Crippen LogP contribution in [0.3, 0.4) is 0 Å². The van der Waals surface area contributed by atoms with Gasteiger partial charge in [0.25, 0.3) is 5.91 Å². The molecule has 0 spiro atoms. The van der Waals surface area contributed by atoms with Gasteiger partial charge in [0, 0.05) is 17.3 Å². The number of carbonyl (C=O) groups excluding carboxylic acids is 1. The van der Waals surface area contributed by atoms with Crippen LogP contribution in [0.25, 0.3) is 28.2 Å². The fourth-order valence-electron chi connectivity index (χ4n) is 4.14. The van der Waals surface area contributed by atoms with Crippen LogP contribution in [0.15, 0.2) is 102 Å². The van der Waals surface area contributed by atoms with Gasteiger partial charge in [0.15, 0.2) is 17.3 Å². The van der Waals surface area contributed by atoms with E-state index < -0.39 is 0 Å². The molecule has 11 nitrogen and oxygen atoms in total.